The van der Waals surface area contributed by atoms with Gasteiger partial charge < -0.3 is 25.4 Å². The maximum absolute atomic E-state index is 12.9. The largest absolute Gasteiger partial charge is 0.495 e. The highest BCUT2D eigenvalue weighted by molar-refractivity contribution is 6.01. The van der Waals surface area contributed by atoms with Crippen molar-refractivity contribution in [1.82, 2.24) is 4.90 Å². The van der Waals surface area contributed by atoms with E-state index >= 15 is 0 Å². The van der Waals surface area contributed by atoms with Crippen LogP contribution in [0.1, 0.15) is 28.8 Å². The lowest BCUT2D eigenvalue weighted by Gasteiger charge is -2.30. The molecule has 1 unspecified atom stereocenters. The fourth-order valence-electron chi connectivity index (χ4n) is 3.42. The van der Waals surface area contributed by atoms with Crippen LogP contribution in [-0.2, 0) is 4.79 Å². The van der Waals surface area contributed by atoms with E-state index in [0.29, 0.717) is 42.2 Å². The van der Waals surface area contributed by atoms with Crippen LogP contribution >= 0.6 is 0 Å². The molecule has 2 aromatic rings. The second kappa shape index (κ2) is 9.43. The lowest BCUT2D eigenvalue weighted by molar-refractivity contribution is -0.114. The van der Waals surface area contributed by atoms with Crippen LogP contribution in [0, 0.1) is 6.92 Å². The van der Waals surface area contributed by atoms with Gasteiger partial charge in [0, 0.05) is 18.8 Å². The van der Waals surface area contributed by atoms with E-state index in [9.17, 15) is 14.7 Å². The Labute approximate surface area is 170 Å². The van der Waals surface area contributed by atoms with E-state index < -0.39 is 6.10 Å². The summed E-state index contributed by atoms with van der Waals surface area (Å²) in [5, 5.41) is 15.7. The molecule has 0 spiro atoms. The maximum Gasteiger partial charge on any atom is 0.256 e. The number of aliphatic hydroxyl groups is 1. The Hall–Kier alpha value is -3.06. The number of carbonyl (C=O) groups excluding carboxylic acids is 2. The molecule has 1 aliphatic rings. The minimum absolute atomic E-state index is 0.00398. The fourth-order valence-corrected chi connectivity index (χ4v) is 3.42. The Morgan fingerprint density at radius 3 is 2.76 bits per heavy atom. The number of piperidine rings is 1. The molecule has 1 fully saturated rings. The maximum atomic E-state index is 12.9. The normalized spacial score (nSPS) is 16.2. The molecule has 0 saturated carbocycles. The van der Waals surface area contributed by atoms with Gasteiger partial charge in [0.2, 0.25) is 5.91 Å². The highest BCUT2D eigenvalue weighted by Crippen LogP contribution is 2.25. The summed E-state index contributed by atoms with van der Waals surface area (Å²) in [7, 11) is 1.55. The van der Waals surface area contributed by atoms with Gasteiger partial charge in [-0.3, -0.25) is 9.59 Å². The van der Waals surface area contributed by atoms with Crippen molar-refractivity contribution < 1.29 is 19.4 Å². The molecule has 3 N–H and O–H groups in total. The minimum Gasteiger partial charge on any atom is -0.495 e. The fraction of sp³-hybridized carbons (Fsp3) is 0.364. The number of methoxy groups -OCH3 is 1. The van der Waals surface area contributed by atoms with Crippen LogP contribution in [-0.4, -0.2) is 54.7 Å². The van der Waals surface area contributed by atoms with Crippen molar-refractivity contribution in [3.8, 4) is 5.75 Å². The predicted molar refractivity (Wildman–Crippen MR) is 112 cm³/mol. The van der Waals surface area contributed by atoms with Crippen molar-refractivity contribution in [2.24, 2.45) is 0 Å². The molecule has 154 valence electrons. The smallest absolute Gasteiger partial charge is 0.256 e. The summed E-state index contributed by atoms with van der Waals surface area (Å²) in [5.74, 6) is 0.195. The number of anilines is 2. The number of amides is 2. The summed E-state index contributed by atoms with van der Waals surface area (Å²) in [6.45, 7) is 2.90. The molecule has 0 radical (unpaired) electrons. The molecular weight excluding hydrogens is 370 g/mol. The lowest BCUT2D eigenvalue weighted by Crippen LogP contribution is -2.42. The number of para-hydroxylation sites is 1. The second-order valence-electron chi connectivity index (χ2n) is 7.20. The Morgan fingerprint density at radius 1 is 1.21 bits per heavy atom. The number of aryl methyl sites for hydroxylation is 1. The van der Waals surface area contributed by atoms with Crippen molar-refractivity contribution in [2.75, 3.05) is 37.4 Å². The van der Waals surface area contributed by atoms with Crippen molar-refractivity contribution in [2.45, 2.75) is 25.9 Å². The Bertz CT molecular complexity index is 884. The number of hydrogen-bond acceptors (Lipinski definition) is 5. The number of β-amino-alcohol motifs (C(OH)–C–C–N with tert-alkyl or cyclic N) is 1. The SMILES string of the molecule is COc1ccc(C)cc1NC(=O)CNc1ccccc1C(=O)N1CCCC(O)C1. The van der Waals surface area contributed by atoms with Gasteiger partial charge in [0.1, 0.15) is 5.75 Å². The Kier molecular flexibility index (Phi) is 6.72. The molecule has 1 aliphatic heterocycles. The van der Waals surface area contributed by atoms with Gasteiger partial charge in [-0.05, 0) is 49.6 Å². The van der Waals surface area contributed by atoms with Crippen LogP contribution in [0.4, 0.5) is 11.4 Å². The quantitative estimate of drug-likeness (QED) is 0.697. The number of aliphatic hydroxyl groups excluding tert-OH is 1. The van der Waals surface area contributed by atoms with E-state index in [2.05, 4.69) is 10.6 Å². The van der Waals surface area contributed by atoms with E-state index in [1.54, 1.807) is 36.3 Å². The van der Waals surface area contributed by atoms with E-state index in [1.807, 2.05) is 25.1 Å². The molecule has 1 saturated heterocycles. The molecule has 0 aliphatic carbocycles. The highest BCUT2D eigenvalue weighted by Gasteiger charge is 2.24. The van der Waals surface area contributed by atoms with Crippen molar-refractivity contribution >= 4 is 23.2 Å². The molecule has 2 amide bonds. The summed E-state index contributed by atoms with van der Waals surface area (Å²) in [4.78, 5) is 27.0. The molecule has 1 heterocycles. The zero-order valence-electron chi connectivity index (χ0n) is 16.8. The molecule has 1 atom stereocenters. The number of hydrogen-bond donors (Lipinski definition) is 3. The summed E-state index contributed by atoms with van der Waals surface area (Å²) >= 11 is 0. The number of nitrogens with zero attached hydrogens (tertiary/aromatic N) is 1. The zero-order chi connectivity index (χ0) is 20.8. The van der Waals surface area contributed by atoms with Gasteiger partial charge in [-0.25, -0.2) is 0 Å². The van der Waals surface area contributed by atoms with Crippen LogP contribution in [0.5, 0.6) is 5.75 Å². The number of ether oxygens (including phenoxy) is 1. The van der Waals surface area contributed by atoms with Gasteiger partial charge in [-0.1, -0.05) is 18.2 Å². The van der Waals surface area contributed by atoms with Gasteiger partial charge >= 0.3 is 0 Å². The van der Waals surface area contributed by atoms with Crippen molar-refractivity contribution in [1.29, 1.82) is 0 Å². The van der Waals surface area contributed by atoms with Crippen LogP contribution in [0.15, 0.2) is 42.5 Å². The number of carbonyl (C=O) groups is 2. The van der Waals surface area contributed by atoms with Gasteiger partial charge in [-0.2, -0.15) is 0 Å². The molecule has 3 rings (SSSR count). The first kappa shape index (κ1) is 20.7. The van der Waals surface area contributed by atoms with E-state index in [0.717, 1.165) is 12.0 Å². The number of nitrogens with one attached hydrogen (secondary N) is 2. The standard InChI is InChI=1S/C22H27N3O4/c1-15-9-10-20(29-2)19(12-15)24-21(27)13-23-18-8-4-3-7-17(18)22(28)25-11-5-6-16(26)14-25/h3-4,7-10,12,16,23,26H,5-6,11,13-14H2,1-2H3,(H,24,27). The van der Waals surface area contributed by atoms with E-state index in [1.165, 1.54) is 0 Å². The van der Waals surface area contributed by atoms with Gasteiger partial charge in [0.05, 0.1) is 31.0 Å². The third-order valence-electron chi connectivity index (χ3n) is 4.91. The first-order chi connectivity index (χ1) is 14.0. The predicted octanol–water partition coefficient (Wildman–Crippen LogP) is 2.65. The summed E-state index contributed by atoms with van der Waals surface area (Å²) < 4.78 is 5.28. The first-order valence-electron chi connectivity index (χ1n) is 9.72. The summed E-state index contributed by atoms with van der Waals surface area (Å²) in [6, 6.07) is 12.7. The van der Waals surface area contributed by atoms with Gasteiger partial charge in [0.25, 0.3) is 5.91 Å². The van der Waals surface area contributed by atoms with E-state index in [-0.39, 0.29) is 18.4 Å². The van der Waals surface area contributed by atoms with Gasteiger partial charge in [0.15, 0.2) is 0 Å². The molecular formula is C22H27N3O4. The van der Waals surface area contributed by atoms with E-state index in [4.69, 9.17) is 4.74 Å². The van der Waals surface area contributed by atoms with Crippen LogP contribution in [0.2, 0.25) is 0 Å². The molecule has 29 heavy (non-hydrogen) atoms. The molecule has 2 aromatic carbocycles. The number of likely N-dealkylation sites (tertiary alicyclic amines) is 1. The van der Waals surface area contributed by atoms with Crippen molar-refractivity contribution in [3.63, 3.8) is 0 Å². The Balaban J connectivity index is 1.66. The highest BCUT2D eigenvalue weighted by atomic mass is 16.5. The third kappa shape index (κ3) is 5.26. The van der Waals surface area contributed by atoms with Crippen LogP contribution in [0.25, 0.3) is 0 Å². The average Bonchev–Trinajstić information content (AvgIpc) is 2.72. The lowest BCUT2D eigenvalue weighted by atomic mass is 10.1. The molecule has 7 heteroatoms. The number of rotatable bonds is 6. The molecule has 0 aromatic heterocycles. The number of benzene rings is 2. The topological polar surface area (TPSA) is 90.9 Å². The van der Waals surface area contributed by atoms with Crippen LogP contribution < -0.4 is 15.4 Å². The van der Waals surface area contributed by atoms with Crippen molar-refractivity contribution in [3.05, 3.63) is 53.6 Å². The Morgan fingerprint density at radius 2 is 2.00 bits per heavy atom. The summed E-state index contributed by atoms with van der Waals surface area (Å²) in [5.41, 5.74) is 2.69. The third-order valence-corrected chi connectivity index (χ3v) is 4.91. The van der Waals surface area contributed by atoms with Gasteiger partial charge in [-0.15, -0.1) is 0 Å². The monoisotopic (exact) mass is 397 g/mol. The second-order valence-corrected chi connectivity index (χ2v) is 7.20. The first-order valence-corrected chi connectivity index (χ1v) is 9.72. The average molecular weight is 397 g/mol. The zero-order valence-corrected chi connectivity index (χ0v) is 16.8. The molecule has 7 nitrogen and oxygen atoms in total. The minimum atomic E-state index is -0.483. The molecule has 0 bridgehead atoms. The van der Waals surface area contributed by atoms with Crippen LogP contribution in [0.3, 0.4) is 0 Å². The summed E-state index contributed by atoms with van der Waals surface area (Å²) in [6.07, 6.45) is 1.01.